The van der Waals surface area contributed by atoms with Crippen LogP contribution in [0.4, 0.5) is 0 Å². The number of carbonyl (C=O) groups excluding carboxylic acids is 1. The molecule has 0 aliphatic carbocycles. The lowest BCUT2D eigenvalue weighted by molar-refractivity contribution is -0.140. The van der Waals surface area contributed by atoms with Gasteiger partial charge in [0.2, 0.25) is 0 Å². The summed E-state index contributed by atoms with van der Waals surface area (Å²) >= 11 is 0. The van der Waals surface area contributed by atoms with E-state index in [0.29, 0.717) is 6.42 Å². The maximum atomic E-state index is 11.1. The zero-order valence-corrected chi connectivity index (χ0v) is 12.0. The van der Waals surface area contributed by atoms with E-state index in [4.69, 9.17) is 0 Å². The number of likely N-dealkylation sites (tertiary alicyclic amines) is 1. The van der Waals surface area contributed by atoms with Crippen LogP contribution in [-0.2, 0) is 15.1 Å². The number of nitrogens with zero attached hydrogens (tertiary/aromatic N) is 1. The quantitative estimate of drug-likeness (QED) is 0.835. The topological polar surface area (TPSA) is 49.8 Å². The van der Waals surface area contributed by atoms with E-state index in [9.17, 15) is 9.90 Å². The minimum atomic E-state index is -0.694. The number of carbonyl (C=O) groups is 1. The lowest BCUT2D eigenvalue weighted by Crippen LogP contribution is -2.42. The van der Waals surface area contributed by atoms with Gasteiger partial charge in [-0.2, -0.15) is 0 Å². The first-order valence-corrected chi connectivity index (χ1v) is 7.21. The van der Waals surface area contributed by atoms with E-state index in [2.05, 4.69) is 9.64 Å². The second-order valence-electron chi connectivity index (χ2n) is 5.42. The predicted molar refractivity (Wildman–Crippen MR) is 77.3 cm³/mol. The number of benzene rings is 1. The van der Waals surface area contributed by atoms with E-state index in [-0.39, 0.29) is 5.97 Å². The van der Waals surface area contributed by atoms with Crippen LogP contribution in [0.15, 0.2) is 30.3 Å². The Hall–Kier alpha value is -1.39. The average Bonchev–Trinajstić information content (AvgIpc) is 2.50. The number of hydrogen-bond acceptors (Lipinski definition) is 4. The molecule has 1 aromatic carbocycles. The van der Waals surface area contributed by atoms with Crippen LogP contribution in [0.1, 0.15) is 31.2 Å². The van der Waals surface area contributed by atoms with Crippen LogP contribution in [0.2, 0.25) is 0 Å². The van der Waals surface area contributed by atoms with Gasteiger partial charge in [0.1, 0.15) is 0 Å². The van der Waals surface area contributed by atoms with Crippen molar-refractivity contribution >= 4 is 5.97 Å². The molecular formula is C16H23NO3. The van der Waals surface area contributed by atoms with E-state index >= 15 is 0 Å². The van der Waals surface area contributed by atoms with Crippen LogP contribution < -0.4 is 0 Å². The van der Waals surface area contributed by atoms with Crippen LogP contribution >= 0.6 is 0 Å². The highest BCUT2D eigenvalue weighted by molar-refractivity contribution is 5.69. The van der Waals surface area contributed by atoms with Crippen molar-refractivity contribution in [1.82, 2.24) is 4.90 Å². The lowest BCUT2D eigenvalue weighted by atomic mass is 9.84. The van der Waals surface area contributed by atoms with Gasteiger partial charge in [0, 0.05) is 19.5 Å². The molecule has 0 radical (unpaired) electrons. The smallest absolute Gasteiger partial charge is 0.305 e. The van der Waals surface area contributed by atoms with E-state index in [1.54, 1.807) is 0 Å². The van der Waals surface area contributed by atoms with Crippen LogP contribution in [-0.4, -0.2) is 42.7 Å². The van der Waals surface area contributed by atoms with E-state index in [1.807, 2.05) is 30.3 Å². The second-order valence-corrected chi connectivity index (χ2v) is 5.42. The van der Waals surface area contributed by atoms with Gasteiger partial charge in [-0.05, 0) is 31.4 Å². The van der Waals surface area contributed by atoms with Crippen molar-refractivity contribution in [1.29, 1.82) is 0 Å². The molecule has 1 aromatic rings. The molecule has 0 saturated carbocycles. The minimum absolute atomic E-state index is 0.150. The molecular weight excluding hydrogens is 254 g/mol. The summed E-state index contributed by atoms with van der Waals surface area (Å²) < 4.78 is 4.63. The summed E-state index contributed by atoms with van der Waals surface area (Å²) in [6, 6.07) is 9.89. The van der Waals surface area contributed by atoms with Crippen LogP contribution in [0.3, 0.4) is 0 Å². The predicted octanol–water partition coefficient (Wildman–Crippen LogP) is 1.92. The second kappa shape index (κ2) is 6.86. The third-order valence-electron chi connectivity index (χ3n) is 4.08. The third-order valence-corrected chi connectivity index (χ3v) is 4.08. The molecule has 0 unspecified atom stereocenters. The number of piperidine rings is 1. The van der Waals surface area contributed by atoms with Gasteiger partial charge in [0.15, 0.2) is 0 Å². The van der Waals surface area contributed by atoms with Gasteiger partial charge >= 0.3 is 5.97 Å². The molecule has 20 heavy (non-hydrogen) atoms. The standard InChI is InChI=1S/C16H23NO3/c1-20-15(18)8-5-11-17-12-9-16(19,10-13-17)14-6-3-2-4-7-14/h2-4,6-7,19H,5,8-13H2,1H3. The van der Waals surface area contributed by atoms with Gasteiger partial charge in [-0.1, -0.05) is 30.3 Å². The van der Waals surface area contributed by atoms with Crippen molar-refractivity contribution in [3.8, 4) is 0 Å². The first-order valence-electron chi connectivity index (χ1n) is 7.21. The molecule has 4 heteroatoms. The summed E-state index contributed by atoms with van der Waals surface area (Å²) in [5.74, 6) is -0.150. The molecule has 1 aliphatic heterocycles. The monoisotopic (exact) mass is 277 g/mol. The molecule has 0 spiro atoms. The largest absolute Gasteiger partial charge is 0.469 e. The fourth-order valence-electron chi connectivity index (χ4n) is 2.73. The zero-order valence-electron chi connectivity index (χ0n) is 12.0. The number of esters is 1. The highest BCUT2D eigenvalue weighted by Gasteiger charge is 2.33. The molecule has 2 rings (SSSR count). The molecule has 1 N–H and O–H groups in total. The first kappa shape index (κ1) is 15.0. The fraction of sp³-hybridized carbons (Fsp3) is 0.562. The maximum Gasteiger partial charge on any atom is 0.305 e. The molecule has 0 bridgehead atoms. The Bertz CT molecular complexity index is 425. The third kappa shape index (κ3) is 3.81. The van der Waals surface area contributed by atoms with Crippen molar-refractivity contribution in [2.45, 2.75) is 31.3 Å². The van der Waals surface area contributed by atoms with Crippen LogP contribution in [0.25, 0.3) is 0 Å². The average molecular weight is 277 g/mol. The van der Waals surface area contributed by atoms with Gasteiger partial charge in [-0.15, -0.1) is 0 Å². The summed E-state index contributed by atoms with van der Waals surface area (Å²) in [6.07, 6.45) is 2.77. The Labute approximate surface area is 120 Å². The Morgan fingerprint density at radius 1 is 1.30 bits per heavy atom. The SMILES string of the molecule is COC(=O)CCCN1CCC(O)(c2ccccc2)CC1. The molecule has 1 aliphatic rings. The van der Waals surface area contributed by atoms with Gasteiger partial charge in [0.05, 0.1) is 12.7 Å². The van der Waals surface area contributed by atoms with Crippen molar-refractivity contribution in [2.75, 3.05) is 26.7 Å². The molecule has 1 saturated heterocycles. The number of rotatable bonds is 5. The highest BCUT2D eigenvalue weighted by atomic mass is 16.5. The maximum absolute atomic E-state index is 11.1. The van der Waals surface area contributed by atoms with Crippen LogP contribution in [0.5, 0.6) is 0 Å². The fourth-order valence-corrected chi connectivity index (χ4v) is 2.73. The van der Waals surface area contributed by atoms with Crippen molar-refractivity contribution < 1.29 is 14.6 Å². The minimum Gasteiger partial charge on any atom is -0.469 e. The summed E-state index contributed by atoms with van der Waals surface area (Å²) in [6.45, 7) is 2.62. The van der Waals surface area contributed by atoms with E-state index in [1.165, 1.54) is 7.11 Å². The number of hydrogen-bond donors (Lipinski definition) is 1. The molecule has 0 amide bonds. The molecule has 0 atom stereocenters. The number of methoxy groups -OCH3 is 1. The zero-order chi connectivity index (χ0) is 14.4. The highest BCUT2D eigenvalue weighted by Crippen LogP contribution is 2.32. The molecule has 110 valence electrons. The number of ether oxygens (including phenoxy) is 1. The number of aliphatic hydroxyl groups is 1. The van der Waals surface area contributed by atoms with E-state index < -0.39 is 5.60 Å². The lowest BCUT2D eigenvalue weighted by Gasteiger charge is -2.38. The summed E-state index contributed by atoms with van der Waals surface area (Å²) in [5, 5.41) is 10.7. The molecule has 4 nitrogen and oxygen atoms in total. The summed E-state index contributed by atoms with van der Waals surface area (Å²) in [4.78, 5) is 13.4. The molecule has 0 aromatic heterocycles. The Morgan fingerprint density at radius 2 is 1.95 bits per heavy atom. The summed E-state index contributed by atoms with van der Waals surface area (Å²) in [7, 11) is 1.42. The molecule has 1 fully saturated rings. The van der Waals surface area contributed by atoms with Gasteiger partial charge in [-0.3, -0.25) is 4.79 Å². The Morgan fingerprint density at radius 3 is 2.55 bits per heavy atom. The van der Waals surface area contributed by atoms with Gasteiger partial charge in [0.25, 0.3) is 0 Å². The van der Waals surface area contributed by atoms with Gasteiger partial charge in [-0.25, -0.2) is 0 Å². The van der Waals surface area contributed by atoms with Crippen molar-refractivity contribution in [2.24, 2.45) is 0 Å². The first-order chi connectivity index (χ1) is 9.64. The van der Waals surface area contributed by atoms with Gasteiger partial charge < -0.3 is 14.7 Å². The van der Waals surface area contributed by atoms with Crippen molar-refractivity contribution in [3.05, 3.63) is 35.9 Å². The van der Waals surface area contributed by atoms with Crippen molar-refractivity contribution in [3.63, 3.8) is 0 Å². The summed E-state index contributed by atoms with van der Waals surface area (Å²) in [5.41, 5.74) is 0.314. The van der Waals surface area contributed by atoms with Crippen LogP contribution in [0, 0.1) is 0 Å². The Kier molecular flexibility index (Phi) is 5.15. The Balaban J connectivity index is 1.79. The molecule has 1 heterocycles. The normalized spacial score (nSPS) is 18.7. The van der Waals surface area contributed by atoms with E-state index in [0.717, 1.165) is 44.5 Å².